The molecule has 152 valence electrons. The third-order valence-electron chi connectivity index (χ3n) is 6.20. The van der Waals surface area contributed by atoms with Crippen molar-refractivity contribution in [1.29, 1.82) is 0 Å². The zero-order valence-electron chi connectivity index (χ0n) is 16.8. The molecule has 5 rings (SSSR count). The first-order valence-corrected chi connectivity index (χ1v) is 10.4. The monoisotopic (exact) mass is 394 g/mol. The van der Waals surface area contributed by atoms with Gasteiger partial charge >= 0.3 is 6.03 Å². The number of amides is 2. The molecule has 0 atom stereocenters. The number of hydrogen-bond acceptors (Lipinski definition) is 5. The Morgan fingerprint density at radius 2 is 2.03 bits per heavy atom. The number of ether oxygens (including phenoxy) is 1. The number of nitrogens with zero attached hydrogens (tertiary/aromatic N) is 6. The van der Waals surface area contributed by atoms with Gasteiger partial charge in [-0.05, 0) is 41.8 Å². The maximum absolute atomic E-state index is 13.4. The number of hydrogen-bond donors (Lipinski definition) is 0. The van der Waals surface area contributed by atoms with Gasteiger partial charge in [-0.25, -0.2) is 4.79 Å². The first kappa shape index (κ1) is 18.3. The van der Waals surface area contributed by atoms with Crippen molar-refractivity contribution in [2.24, 2.45) is 0 Å². The summed E-state index contributed by atoms with van der Waals surface area (Å²) in [7, 11) is 0. The van der Waals surface area contributed by atoms with Crippen LogP contribution in [-0.2, 0) is 11.3 Å². The standard InChI is InChI=1S/C21H26N6O2/c1-15-5-4-6-16-13-17(20-22-23-24-27(20)19(15)16)14-26(18-7-2-3-8-18)21(28)25-9-11-29-12-10-25/h4-6,13,18H,2-3,7-12,14H2,1H3. The van der Waals surface area contributed by atoms with Gasteiger partial charge < -0.3 is 14.5 Å². The van der Waals surface area contributed by atoms with Crippen molar-refractivity contribution in [3.05, 3.63) is 35.4 Å². The molecule has 2 aromatic heterocycles. The van der Waals surface area contributed by atoms with Crippen molar-refractivity contribution in [1.82, 2.24) is 29.8 Å². The highest BCUT2D eigenvalue weighted by atomic mass is 16.5. The molecule has 1 aromatic carbocycles. The number of aromatic nitrogens is 4. The fourth-order valence-electron chi connectivity index (χ4n) is 4.68. The van der Waals surface area contributed by atoms with Crippen LogP contribution in [0.2, 0.25) is 0 Å². The predicted molar refractivity (Wildman–Crippen MR) is 109 cm³/mol. The van der Waals surface area contributed by atoms with Crippen LogP contribution in [0.4, 0.5) is 4.79 Å². The minimum absolute atomic E-state index is 0.107. The van der Waals surface area contributed by atoms with Gasteiger partial charge in [0.2, 0.25) is 0 Å². The molecule has 0 unspecified atom stereocenters. The summed E-state index contributed by atoms with van der Waals surface area (Å²) < 4.78 is 7.25. The Balaban J connectivity index is 1.54. The molecule has 3 heterocycles. The Morgan fingerprint density at radius 1 is 1.24 bits per heavy atom. The third kappa shape index (κ3) is 3.31. The van der Waals surface area contributed by atoms with Gasteiger partial charge in [0.25, 0.3) is 0 Å². The van der Waals surface area contributed by atoms with Crippen LogP contribution in [0.25, 0.3) is 16.6 Å². The number of carbonyl (C=O) groups excluding carboxylic acids is 1. The lowest BCUT2D eigenvalue weighted by Crippen LogP contribution is -2.50. The Kier molecular flexibility index (Phi) is 4.79. The second-order valence-corrected chi connectivity index (χ2v) is 8.04. The largest absolute Gasteiger partial charge is 0.378 e. The highest BCUT2D eigenvalue weighted by Gasteiger charge is 2.31. The fourth-order valence-corrected chi connectivity index (χ4v) is 4.68. The van der Waals surface area contributed by atoms with Crippen molar-refractivity contribution in [3.63, 3.8) is 0 Å². The molecule has 0 spiro atoms. The molecule has 3 aromatic rings. The van der Waals surface area contributed by atoms with Gasteiger partial charge in [0.1, 0.15) is 0 Å². The minimum Gasteiger partial charge on any atom is -0.378 e. The number of urea groups is 1. The van der Waals surface area contributed by atoms with Crippen LogP contribution >= 0.6 is 0 Å². The van der Waals surface area contributed by atoms with Crippen molar-refractivity contribution < 1.29 is 9.53 Å². The zero-order valence-corrected chi connectivity index (χ0v) is 16.8. The van der Waals surface area contributed by atoms with Crippen LogP contribution in [0.5, 0.6) is 0 Å². The molecule has 0 N–H and O–H groups in total. The molecular formula is C21H26N6O2. The molecule has 1 saturated heterocycles. The first-order chi connectivity index (χ1) is 14.2. The van der Waals surface area contributed by atoms with Crippen molar-refractivity contribution in [2.45, 2.75) is 45.2 Å². The van der Waals surface area contributed by atoms with E-state index in [2.05, 4.69) is 40.6 Å². The third-order valence-corrected chi connectivity index (χ3v) is 6.20. The van der Waals surface area contributed by atoms with Crippen LogP contribution < -0.4 is 0 Å². The van der Waals surface area contributed by atoms with E-state index in [1.165, 1.54) is 12.8 Å². The molecule has 2 amide bonds. The van der Waals surface area contributed by atoms with Crippen LogP contribution in [0.1, 0.15) is 36.8 Å². The van der Waals surface area contributed by atoms with Crippen LogP contribution in [0.15, 0.2) is 24.3 Å². The Hall–Kier alpha value is -2.74. The predicted octanol–water partition coefficient (Wildman–Crippen LogP) is 2.78. The van der Waals surface area contributed by atoms with Gasteiger partial charge in [-0.2, -0.15) is 4.52 Å². The van der Waals surface area contributed by atoms with Crippen molar-refractivity contribution in [2.75, 3.05) is 26.3 Å². The van der Waals surface area contributed by atoms with Crippen molar-refractivity contribution in [3.8, 4) is 0 Å². The summed E-state index contributed by atoms with van der Waals surface area (Å²) in [5.41, 5.74) is 3.86. The molecule has 1 aliphatic heterocycles. The molecule has 8 nitrogen and oxygen atoms in total. The fraction of sp³-hybridized carbons (Fsp3) is 0.524. The van der Waals surface area contributed by atoms with E-state index in [1.807, 2.05) is 20.4 Å². The maximum Gasteiger partial charge on any atom is 0.320 e. The number of pyridine rings is 1. The van der Waals surface area contributed by atoms with E-state index < -0.39 is 0 Å². The molecule has 2 aliphatic rings. The van der Waals surface area contributed by atoms with Crippen LogP contribution in [0.3, 0.4) is 0 Å². The number of benzene rings is 1. The van der Waals surface area contributed by atoms with E-state index in [0.29, 0.717) is 32.8 Å². The van der Waals surface area contributed by atoms with Crippen LogP contribution in [0, 0.1) is 6.92 Å². The number of tetrazole rings is 1. The molecule has 8 heteroatoms. The summed E-state index contributed by atoms with van der Waals surface area (Å²) in [6.45, 7) is 5.11. The minimum atomic E-state index is 0.107. The van der Waals surface area contributed by atoms with E-state index in [0.717, 1.165) is 40.5 Å². The maximum atomic E-state index is 13.4. The van der Waals surface area contributed by atoms with Gasteiger partial charge in [0.05, 0.1) is 25.3 Å². The summed E-state index contributed by atoms with van der Waals surface area (Å²) in [4.78, 5) is 17.4. The average molecular weight is 394 g/mol. The second kappa shape index (κ2) is 7.59. The van der Waals surface area contributed by atoms with Gasteiger partial charge in [-0.1, -0.05) is 31.0 Å². The molecule has 0 radical (unpaired) electrons. The summed E-state index contributed by atoms with van der Waals surface area (Å²) in [6.07, 6.45) is 4.47. The molecule has 1 aliphatic carbocycles. The summed E-state index contributed by atoms with van der Waals surface area (Å²) in [5, 5.41) is 13.5. The Morgan fingerprint density at radius 3 is 2.83 bits per heavy atom. The van der Waals surface area contributed by atoms with Gasteiger partial charge in [-0.15, -0.1) is 5.10 Å². The molecule has 0 bridgehead atoms. The van der Waals surface area contributed by atoms with E-state index in [9.17, 15) is 4.79 Å². The zero-order chi connectivity index (χ0) is 19.8. The first-order valence-electron chi connectivity index (χ1n) is 10.4. The number of rotatable bonds is 3. The number of fused-ring (bicyclic) bond motifs is 3. The topological polar surface area (TPSA) is 75.9 Å². The average Bonchev–Trinajstić information content (AvgIpc) is 3.44. The lowest BCUT2D eigenvalue weighted by atomic mass is 10.1. The highest BCUT2D eigenvalue weighted by Crippen LogP contribution is 2.29. The lowest BCUT2D eigenvalue weighted by molar-refractivity contribution is 0.0383. The molecule has 2 fully saturated rings. The van der Waals surface area contributed by atoms with Gasteiger partial charge in [0, 0.05) is 30.1 Å². The van der Waals surface area contributed by atoms with E-state index >= 15 is 0 Å². The van der Waals surface area contributed by atoms with E-state index in [1.54, 1.807) is 0 Å². The summed E-state index contributed by atoms with van der Waals surface area (Å²) in [5.74, 6) is 0. The van der Waals surface area contributed by atoms with E-state index in [-0.39, 0.29) is 12.1 Å². The van der Waals surface area contributed by atoms with Crippen molar-refractivity contribution >= 4 is 22.6 Å². The lowest BCUT2D eigenvalue weighted by Gasteiger charge is -2.36. The number of para-hydroxylation sites is 1. The smallest absolute Gasteiger partial charge is 0.320 e. The Labute approximate surface area is 169 Å². The normalized spacial score (nSPS) is 18.0. The highest BCUT2D eigenvalue weighted by molar-refractivity contribution is 5.86. The molecule has 29 heavy (non-hydrogen) atoms. The number of morpholine rings is 1. The summed E-state index contributed by atoms with van der Waals surface area (Å²) >= 11 is 0. The molecular weight excluding hydrogens is 368 g/mol. The van der Waals surface area contributed by atoms with Gasteiger partial charge in [0.15, 0.2) is 5.65 Å². The van der Waals surface area contributed by atoms with Gasteiger partial charge in [-0.3, -0.25) is 0 Å². The van der Waals surface area contributed by atoms with Crippen LogP contribution in [-0.4, -0.2) is 68.2 Å². The SMILES string of the molecule is Cc1cccc2cc(CN(C(=O)N3CCOCC3)C3CCCC3)c3nnnn3c12. The second-order valence-electron chi connectivity index (χ2n) is 8.04. The molecule has 1 saturated carbocycles. The number of carbonyl (C=O) groups is 1. The number of aryl methyl sites for hydroxylation is 1. The Bertz CT molecular complexity index is 1040. The van der Waals surface area contributed by atoms with E-state index in [4.69, 9.17) is 4.74 Å². The summed E-state index contributed by atoms with van der Waals surface area (Å²) in [6, 6.07) is 8.71. The quantitative estimate of drug-likeness (QED) is 0.683.